The van der Waals surface area contributed by atoms with Crippen molar-refractivity contribution in [2.24, 2.45) is 4.99 Å². The van der Waals surface area contributed by atoms with Crippen molar-refractivity contribution in [3.63, 3.8) is 0 Å². The van der Waals surface area contributed by atoms with Crippen LogP contribution in [-0.2, 0) is 6.42 Å². The smallest absolute Gasteiger partial charge is 0.406 e. The number of benzene rings is 3. The van der Waals surface area contributed by atoms with Crippen molar-refractivity contribution in [1.29, 1.82) is 0 Å². The standard InChI is InChI=1S/C33H35F3N6O2S/c1-23(2)28-9-3-4-10-29(28)41-20-7-21-45-32(41)39-31(43)37-19-6-5-8-24-11-13-25(14-12-24)30-38-22-42(40-30)26-15-17-27(18-16-26)44-33(34,35)36/h3-4,9-18,22-23H,5-8,19-21H2,1-2H3,(H,37,43). The summed E-state index contributed by atoms with van der Waals surface area (Å²) in [5.41, 5.74) is 4.91. The van der Waals surface area contributed by atoms with Gasteiger partial charge in [-0.3, -0.25) is 0 Å². The molecule has 12 heteroatoms. The van der Waals surface area contributed by atoms with Gasteiger partial charge in [0.05, 0.1) is 5.69 Å². The number of para-hydroxylation sites is 1. The lowest BCUT2D eigenvalue weighted by molar-refractivity contribution is -0.274. The zero-order valence-electron chi connectivity index (χ0n) is 25.1. The maximum Gasteiger partial charge on any atom is 0.573 e. The van der Waals surface area contributed by atoms with E-state index in [1.165, 1.54) is 40.8 Å². The largest absolute Gasteiger partial charge is 0.573 e. The Hall–Kier alpha value is -4.32. The molecule has 236 valence electrons. The second-order valence-corrected chi connectivity index (χ2v) is 12.0. The number of amidine groups is 1. The molecular formula is C33H35F3N6O2S. The lowest BCUT2D eigenvalue weighted by atomic mass is 10.0. The Morgan fingerprint density at radius 2 is 1.80 bits per heavy atom. The molecule has 1 saturated heterocycles. The number of ether oxygens (including phenoxy) is 1. The molecule has 1 N–H and O–H groups in total. The van der Waals surface area contributed by atoms with Crippen LogP contribution in [0.2, 0.25) is 0 Å². The van der Waals surface area contributed by atoms with E-state index >= 15 is 0 Å². The second kappa shape index (κ2) is 14.6. The average molecular weight is 637 g/mol. The molecule has 0 spiro atoms. The van der Waals surface area contributed by atoms with E-state index in [0.29, 0.717) is 24.0 Å². The zero-order valence-corrected chi connectivity index (χ0v) is 25.9. The summed E-state index contributed by atoms with van der Waals surface area (Å²) >= 11 is 1.62. The highest BCUT2D eigenvalue weighted by molar-refractivity contribution is 8.14. The summed E-state index contributed by atoms with van der Waals surface area (Å²) in [7, 11) is 0. The normalized spacial score (nSPS) is 14.6. The highest BCUT2D eigenvalue weighted by Gasteiger charge is 2.31. The van der Waals surface area contributed by atoms with E-state index in [0.717, 1.165) is 60.0 Å². The third-order valence-corrected chi connectivity index (χ3v) is 8.30. The molecule has 1 aromatic heterocycles. The van der Waals surface area contributed by atoms with Crippen LogP contribution in [0.15, 0.2) is 84.1 Å². The Morgan fingerprint density at radius 3 is 2.53 bits per heavy atom. The van der Waals surface area contributed by atoms with Crippen molar-refractivity contribution >= 4 is 28.6 Å². The summed E-state index contributed by atoms with van der Waals surface area (Å²) in [5.74, 6) is 1.52. The van der Waals surface area contributed by atoms with E-state index in [1.807, 2.05) is 30.3 Å². The first kappa shape index (κ1) is 32.1. The number of aliphatic imine (C=N–C) groups is 1. The van der Waals surface area contributed by atoms with Crippen molar-refractivity contribution in [3.8, 4) is 22.8 Å². The van der Waals surface area contributed by atoms with Crippen LogP contribution in [0.25, 0.3) is 17.1 Å². The number of nitrogens with zero attached hydrogens (tertiary/aromatic N) is 5. The fourth-order valence-corrected chi connectivity index (χ4v) is 5.96. The number of carbonyl (C=O) groups excluding carboxylic acids is 1. The van der Waals surface area contributed by atoms with E-state index < -0.39 is 6.36 Å². The maximum atomic E-state index is 12.7. The molecule has 2 heterocycles. The fourth-order valence-electron chi connectivity index (χ4n) is 5.01. The molecule has 0 aliphatic carbocycles. The molecule has 4 aromatic rings. The summed E-state index contributed by atoms with van der Waals surface area (Å²) in [5, 5.41) is 8.14. The Morgan fingerprint density at radius 1 is 1.04 bits per heavy atom. The first-order chi connectivity index (χ1) is 21.7. The predicted molar refractivity (Wildman–Crippen MR) is 172 cm³/mol. The predicted octanol–water partition coefficient (Wildman–Crippen LogP) is 7.99. The molecule has 1 fully saturated rings. The molecular weight excluding hydrogens is 601 g/mol. The Balaban J connectivity index is 1.08. The van der Waals surface area contributed by atoms with Crippen molar-refractivity contribution in [2.45, 2.75) is 51.8 Å². The summed E-state index contributed by atoms with van der Waals surface area (Å²) in [6, 6.07) is 21.4. The third-order valence-electron chi connectivity index (χ3n) is 7.24. The molecule has 0 saturated carbocycles. The molecule has 1 aliphatic heterocycles. The van der Waals surface area contributed by atoms with Crippen molar-refractivity contribution < 1.29 is 22.7 Å². The van der Waals surface area contributed by atoms with E-state index in [9.17, 15) is 18.0 Å². The summed E-state index contributed by atoms with van der Waals surface area (Å²) in [6.07, 6.45) is 0.395. The Labute approximate surface area is 264 Å². The Bertz CT molecular complexity index is 1600. The number of aromatic nitrogens is 3. The topological polar surface area (TPSA) is 84.6 Å². The summed E-state index contributed by atoms with van der Waals surface area (Å²) in [6.45, 7) is 5.74. The van der Waals surface area contributed by atoms with Gasteiger partial charge < -0.3 is 15.0 Å². The number of hydrogen-bond acceptors (Lipinski definition) is 5. The zero-order chi connectivity index (χ0) is 31.8. The van der Waals surface area contributed by atoms with E-state index in [1.54, 1.807) is 11.8 Å². The average Bonchev–Trinajstić information content (AvgIpc) is 3.51. The number of urea groups is 1. The van der Waals surface area contributed by atoms with Crippen LogP contribution in [0, 0.1) is 0 Å². The fraction of sp³-hybridized carbons (Fsp3) is 0.333. The van der Waals surface area contributed by atoms with Gasteiger partial charge >= 0.3 is 12.4 Å². The quantitative estimate of drug-likeness (QED) is 0.178. The minimum atomic E-state index is -4.74. The van der Waals surface area contributed by atoms with Gasteiger partial charge in [0.2, 0.25) is 0 Å². The maximum absolute atomic E-state index is 12.7. The number of amides is 2. The highest BCUT2D eigenvalue weighted by Crippen LogP contribution is 2.32. The van der Waals surface area contributed by atoms with Crippen LogP contribution < -0.4 is 15.0 Å². The molecule has 45 heavy (non-hydrogen) atoms. The van der Waals surface area contributed by atoms with Crippen molar-refractivity contribution in [2.75, 3.05) is 23.7 Å². The van der Waals surface area contributed by atoms with Gasteiger partial charge in [-0.25, -0.2) is 14.5 Å². The van der Waals surface area contributed by atoms with Crippen molar-refractivity contribution in [3.05, 3.63) is 90.3 Å². The molecule has 1 aliphatic rings. The number of thioether (sulfide) groups is 1. The van der Waals surface area contributed by atoms with Crippen LogP contribution in [0.4, 0.5) is 23.7 Å². The van der Waals surface area contributed by atoms with Crippen LogP contribution >= 0.6 is 11.8 Å². The monoisotopic (exact) mass is 636 g/mol. The number of rotatable bonds is 10. The first-order valence-corrected chi connectivity index (χ1v) is 15.9. The number of unbranched alkanes of at least 4 members (excludes halogenated alkanes) is 1. The van der Waals surface area contributed by atoms with E-state index in [4.69, 9.17) is 0 Å². The third kappa shape index (κ3) is 8.87. The van der Waals surface area contributed by atoms with Gasteiger partial charge in [-0.1, -0.05) is 68.1 Å². The Kier molecular flexibility index (Phi) is 10.4. The number of halogens is 3. The molecule has 8 nitrogen and oxygen atoms in total. The number of anilines is 1. The van der Waals surface area contributed by atoms with Gasteiger partial charge in [0.1, 0.15) is 12.1 Å². The van der Waals surface area contributed by atoms with E-state index in [2.05, 4.69) is 62.1 Å². The number of alkyl halides is 3. The number of hydrogen-bond donors (Lipinski definition) is 1. The van der Waals surface area contributed by atoms with Gasteiger partial charge in [-0.05, 0) is 73.1 Å². The molecule has 0 bridgehead atoms. The molecule has 0 radical (unpaired) electrons. The molecule has 5 rings (SSSR count). The van der Waals surface area contributed by atoms with Crippen LogP contribution in [0.3, 0.4) is 0 Å². The summed E-state index contributed by atoms with van der Waals surface area (Å²) in [4.78, 5) is 23.6. The minimum absolute atomic E-state index is 0.299. The van der Waals surface area contributed by atoms with Crippen LogP contribution in [-0.4, -0.2) is 51.2 Å². The summed E-state index contributed by atoms with van der Waals surface area (Å²) < 4.78 is 42.6. The minimum Gasteiger partial charge on any atom is -0.406 e. The van der Waals surface area contributed by atoms with Crippen LogP contribution in [0.1, 0.15) is 50.2 Å². The molecule has 3 aromatic carbocycles. The van der Waals surface area contributed by atoms with Crippen LogP contribution in [0.5, 0.6) is 5.75 Å². The highest BCUT2D eigenvalue weighted by atomic mass is 32.2. The number of nitrogens with one attached hydrogen (secondary N) is 1. The van der Waals surface area contributed by atoms with E-state index in [-0.39, 0.29) is 11.8 Å². The number of carbonyl (C=O) groups is 1. The SMILES string of the molecule is CC(C)c1ccccc1N1CCCSC1=NC(=O)NCCCCc1ccc(-c2ncn(-c3ccc(OC(F)(F)F)cc3)n2)cc1. The first-order valence-electron chi connectivity index (χ1n) is 14.9. The van der Waals surface area contributed by atoms with Crippen molar-refractivity contribution in [1.82, 2.24) is 20.1 Å². The lowest BCUT2D eigenvalue weighted by Crippen LogP contribution is -2.36. The van der Waals surface area contributed by atoms with Gasteiger partial charge in [0, 0.05) is 30.1 Å². The van der Waals surface area contributed by atoms with Gasteiger partial charge in [-0.2, -0.15) is 4.99 Å². The van der Waals surface area contributed by atoms with Gasteiger partial charge in [0.25, 0.3) is 0 Å². The molecule has 2 amide bonds. The molecule has 0 unspecified atom stereocenters. The lowest BCUT2D eigenvalue weighted by Gasteiger charge is -2.31. The second-order valence-electron chi connectivity index (χ2n) is 10.9. The molecule has 0 atom stereocenters. The van der Waals surface area contributed by atoms with Gasteiger partial charge in [0.15, 0.2) is 11.0 Å². The van der Waals surface area contributed by atoms with Gasteiger partial charge in [-0.15, -0.1) is 18.3 Å². The number of aryl methyl sites for hydroxylation is 1.